The van der Waals surface area contributed by atoms with Crippen molar-refractivity contribution in [2.75, 3.05) is 5.73 Å². The summed E-state index contributed by atoms with van der Waals surface area (Å²) in [7, 11) is 0. The maximum Gasteiger partial charge on any atom is 0.272 e. The van der Waals surface area contributed by atoms with Crippen molar-refractivity contribution in [3.05, 3.63) is 74.1 Å². The van der Waals surface area contributed by atoms with Gasteiger partial charge < -0.3 is 10.5 Å². The molecule has 0 fully saturated rings. The molecule has 0 aliphatic rings. The first-order chi connectivity index (χ1) is 12.8. The van der Waals surface area contributed by atoms with E-state index in [1.54, 1.807) is 6.92 Å². The predicted octanol–water partition coefficient (Wildman–Crippen LogP) is 2.59. The lowest BCUT2D eigenvalue weighted by Gasteiger charge is -2.13. The molecule has 27 heavy (non-hydrogen) atoms. The van der Waals surface area contributed by atoms with Crippen molar-refractivity contribution in [1.29, 1.82) is 0 Å². The third-order valence-electron chi connectivity index (χ3n) is 3.70. The van der Waals surface area contributed by atoms with Gasteiger partial charge in [0.05, 0.1) is 24.6 Å². The zero-order chi connectivity index (χ0) is 19.6. The molecular weight excluding hydrogens is 424 g/mol. The summed E-state index contributed by atoms with van der Waals surface area (Å²) in [6, 6.07) is 3.16. The van der Waals surface area contributed by atoms with Gasteiger partial charge in [0, 0.05) is 11.6 Å². The molecule has 3 aromatic rings. The molecular formula is C17H14BrF2N5O2. The standard InChI is InChI=1S/C17H14BrF2N5O2/c1-9-24-16(27-8-10-2-3-11(19)4-13(10)20)15(18)17(26)25(9)7-12-5-23-14(21)6-22-12/h2-6H,7-8H2,1H3,(H2,21,23). The number of anilines is 1. The molecule has 0 bridgehead atoms. The summed E-state index contributed by atoms with van der Waals surface area (Å²) in [6.45, 7) is 1.57. The quantitative estimate of drug-likeness (QED) is 0.658. The van der Waals surface area contributed by atoms with Gasteiger partial charge in [-0.05, 0) is 35.0 Å². The molecule has 2 heterocycles. The van der Waals surface area contributed by atoms with Crippen molar-refractivity contribution in [2.45, 2.75) is 20.1 Å². The average Bonchev–Trinajstić information content (AvgIpc) is 2.63. The van der Waals surface area contributed by atoms with E-state index in [2.05, 4.69) is 30.9 Å². The number of nitrogen functional groups attached to an aromatic ring is 1. The second-order valence-electron chi connectivity index (χ2n) is 5.63. The minimum atomic E-state index is -0.738. The van der Waals surface area contributed by atoms with Gasteiger partial charge in [-0.2, -0.15) is 4.98 Å². The minimum Gasteiger partial charge on any atom is -0.472 e. The third kappa shape index (κ3) is 4.27. The van der Waals surface area contributed by atoms with E-state index >= 15 is 0 Å². The van der Waals surface area contributed by atoms with Gasteiger partial charge in [-0.1, -0.05) is 0 Å². The lowest BCUT2D eigenvalue weighted by atomic mass is 10.2. The van der Waals surface area contributed by atoms with Gasteiger partial charge in [0.25, 0.3) is 5.56 Å². The molecule has 0 radical (unpaired) electrons. The van der Waals surface area contributed by atoms with Crippen LogP contribution in [0.2, 0.25) is 0 Å². The Labute approximate surface area is 161 Å². The highest BCUT2D eigenvalue weighted by Crippen LogP contribution is 2.21. The summed E-state index contributed by atoms with van der Waals surface area (Å²) >= 11 is 3.16. The van der Waals surface area contributed by atoms with Crippen LogP contribution >= 0.6 is 15.9 Å². The fourth-order valence-corrected chi connectivity index (χ4v) is 2.71. The maximum atomic E-state index is 13.7. The molecule has 0 unspecified atom stereocenters. The van der Waals surface area contributed by atoms with Crippen LogP contribution in [-0.2, 0) is 13.2 Å². The molecule has 0 saturated carbocycles. The fraction of sp³-hybridized carbons (Fsp3) is 0.176. The third-order valence-corrected chi connectivity index (χ3v) is 4.38. The van der Waals surface area contributed by atoms with E-state index in [4.69, 9.17) is 10.5 Å². The number of hydrogen-bond donors (Lipinski definition) is 1. The Hall–Kier alpha value is -2.88. The highest BCUT2D eigenvalue weighted by molar-refractivity contribution is 9.10. The number of aromatic nitrogens is 4. The Balaban J connectivity index is 1.83. The SMILES string of the molecule is Cc1nc(OCc2ccc(F)cc2F)c(Br)c(=O)n1Cc1cnc(N)cn1. The van der Waals surface area contributed by atoms with Crippen LogP contribution in [0.3, 0.4) is 0 Å². The van der Waals surface area contributed by atoms with Crippen molar-refractivity contribution in [3.8, 4) is 5.88 Å². The largest absolute Gasteiger partial charge is 0.472 e. The number of nitrogens with two attached hydrogens (primary N) is 1. The molecule has 2 aromatic heterocycles. The Morgan fingerprint density at radius 1 is 1.26 bits per heavy atom. The number of nitrogens with zero attached hydrogens (tertiary/aromatic N) is 4. The summed E-state index contributed by atoms with van der Waals surface area (Å²) < 4.78 is 33.6. The van der Waals surface area contributed by atoms with E-state index in [0.717, 1.165) is 12.1 Å². The predicted molar refractivity (Wildman–Crippen MR) is 97.2 cm³/mol. The molecule has 0 aliphatic heterocycles. The lowest BCUT2D eigenvalue weighted by molar-refractivity contribution is 0.282. The molecule has 3 rings (SSSR count). The number of benzene rings is 1. The van der Waals surface area contributed by atoms with E-state index in [-0.39, 0.29) is 34.9 Å². The van der Waals surface area contributed by atoms with E-state index in [0.29, 0.717) is 11.5 Å². The second-order valence-corrected chi connectivity index (χ2v) is 6.42. The monoisotopic (exact) mass is 437 g/mol. The van der Waals surface area contributed by atoms with Crippen LogP contribution in [0.4, 0.5) is 14.6 Å². The van der Waals surface area contributed by atoms with Gasteiger partial charge in [-0.15, -0.1) is 0 Å². The van der Waals surface area contributed by atoms with Crippen LogP contribution in [0, 0.1) is 18.6 Å². The highest BCUT2D eigenvalue weighted by Gasteiger charge is 2.15. The zero-order valence-corrected chi connectivity index (χ0v) is 15.7. The number of hydrogen-bond acceptors (Lipinski definition) is 6. The summed E-state index contributed by atoms with van der Waals surface area (Å²) in [5, 5.41) is 0. The molecule has 0 atom stereocenters. The zero-order valence-electron chi connectivity index (χ0n) is 14.1. The van der Waals surface area contributed by atoms with Crippen LogP contribution < -0.4 is 16.0 Å². The molecule has 7 nitrogen and oxygen atoms in total. The van der Waals surface area contributed by atoms with Gasteiger partial charge >= 0.3 is 0 Å². The normalized spacial score (nSPS) is 10.8. The van der Waals surface area contributed by atoms with Crippen LogP contribution in [0.5, 0.6) is 5.88 Å². The van der Waals surface area contributed by atoms with E-state index < -0.39 is 17.2 Å². The lowest BCUT2D eigenvalue weighted by Crippen LogP contribution is -2.26. The van der Waals surface area contributed by atoms with Gasteiger partial charge in [0.1, 0.15) is 34.4 Å². The van der Waals surface area contributed by atoms with Crippen LogP contribution in [-0.4, -0.2) is 19.5 Å². The summed E-state index contributed by atoms with van der Waals surface area (Å²) in [5.41, 5.74) is 5.78. The number of aryl methyl sites for hydroxylation is 1. The Bertz CT molecular complexity index is 1040. The highest BCUT2D eigenvalue weighted by atomic mass is 79.9. The maximum absolute atomic E-state index is 13.7. The number of rotatable bonds is 5. The van der Waals surface area contributed by atoms with E-state index in [1.807, 2.05) is 0 Å². The smallest absolute Gasteiger partial charge is 0.272 e. The molecule has 0 aliphatic carbocycles. The minimum absolute atomic E-state index is 0.0147. The van der Waals surface area contributed by atoms with Crippen molar-refractivity contribution in [3.63, 3.8) is 0 Å². The van der Waals surface area contributed by atoms with Gasteiger partial charge in [0.15, 0.2) is 0 Å². The molecule has 0 saturated heterocycles. The summed E-state index contributed by atoms with van der Waals surface area (Å²) in [5.74, 6) is -0.756. The Morgan fingerprint density at radius 3 is 2.70 bits per heavy atom. The first-order valence-corrected chi connectivity index (χ1v) is 8.54. The molecule has 0 spiro atoms. The number of ether oxygens (including phenoxy) is 1. The van der Waals surface area contributed by atoms with Crippen LogP contribution in [0.15, 0.2) is 39.9 Å². The van der Waals surface area contributed by atoms with E-state index in [1.165, 1.54) is 23.0 Å². The Kier molecular flexibility index (Phi) is 5.45. The summed E-state index contributed by atoms with van der Waals surface area (Å²) in [6.07, 6.45) is 2.86. The first-order valence-electron chi connectivity index (χ1n) is 7.75. The first kappa shape index (κ1) is 18.9. The van der Waals surface area contributed by atoms with Crippen molar-refractivity contribution >= 4 is 21.7 Å². The average molecular weight is 438 g/mol. The molecule has 140 valence electrons. The van der Waals surface area contributed by atoms with Gasteiger partial charge in [-0.3, -0.25) is 14.3 Å². The van der Waals surface area contributed by atoms with Crippen molar-refractivity contribution in [2.24, 2.45) is 0 Å². The van der Waals surface area contributed by atoms with Crippen LogP contribution in [0.25, 0.3) is 0 Å². The van der Waals surface area contributed by atoms with Gasteiger partial charge in [0.2, 0.25) is 5.88 Å². The topological polar surface area (TPSA) is 95.9 Å². The number of halogens is 3. The molecule has 10 heteroatoms. The molecule has 0 amide bonds. The van der Waals surface area contributed by atoms with E-state index in [9.17, 15) is 13.6 Å². The Morgan fingerprint density at radius 2 is 2.04 bits per heavy atom. The fourth-order valence-electron chi connectivity index (χ4n) is 2.29. The summed E-state index contributed by atoms with van der Waals surface area (Å²) in [4.78, 5) is 24.9. The van der Waals surface area contributed by atoms with Crippen molar-refractivity contribution in [1.82, 2.24) is 19.5 Å². The molecule has 1 aromatic carbocycles. The van der Waals surface area contributed by atoms with Gasteiger partial charge in [-0.25, -0.2) is 13.8 Å². The van der Waals surface area contributed by atoms with Crippen molar-refractivity contribution < 1.29 is 13.5 Å². The molecule has 2 N–H and O–H groups in total. The van der Waals surface area contributed by atoms with Crippen LogP contribution in [0.1, 0.15) is 17.1 Å². The second kappa shape index (κ2) is 7.78.